The van der Waals surface area contributed by atoms with Crippen LogP contribution in [0.4, 0.5) is 5.69 Å². The van der Waals surface area contributed by atoms with E-state index < -0.39 is 6.04 Å². The van der Waals surface area contributed by atoms with Gasteiger partial charge in [0.25, 0.3) is 5.91 Å². The Balaban J connectivity index is 2.15. The van der Waals surface area contributed by atoms with Gasteiger partial charge in [-0.1, -0.05) is 29.8 Å². The van der Waals surface area contributed by atoms with Crippen molar-refractivity contribution in [2.24, 2.45) is 0 Å². The predicted octanol–water partition coefficient (Wildman–Crippen LogP) is 4.90. The monoisotopic (exact) mass is 454 g/mol. The van der Waals surface area contributed by atoms with E-state index in [9.17, 15) is 9.59 Å². The van der Waals surface area contributed by atoms with Crippen molar-refractivity contribution in [2.45, 2.75) is 19.4 Å². The van der Waals surface area contributed by atoms with E-state index in [2.05, 4.69) is 26.6 Å². The van der Waals surface area contributed by atoms with E-state index in [0.717, 1.165) is 11.3 Å². The first-order valence-corrected chi connectivity index (χ1v) is 10.6. The predicted molar refractivity (Wildman–Crippen MR) is 113 cm³/mol. The van der Waals surface area contributed by atoms with Gasteiger partial charge in [0.05, 0.1) is 5.56 Å². The maximum atomic E-state index is 12.7. The Kier molecular flexibility index (Phi) is 8.00. The van der Waals surface area contributed by atoms with Crippen LogP contribution in [-0.2, 0) is 4.79 Å². The van der Waals surface area contributed by atoms with Crippen LogP contribution in [0.1, 0.15) is 22.3 Å². The molecular formula is C19H20BrClN2O2S. The van der Waals surface area contributed by atoms with Crippen molar-refractivity contribution in [1.29, 1.82) is 0 Å². The van der Waals surface area contributed by atoms with Gasteiger partial charge in [0.2, 0.25) is 5.91 Å². The summed E-state index contributed by atoms with van der Waals surface area (Å²) >= 11 is 11.1. The number of nitrogens with one attached hydrogen (secondary N) is 2. The molecule has 2 aromatic carbocycles. The Morgan fingerprint density at radius 1 is 1.19 bits per heavy atom. The molecule has 26 heavy (non-hydrogen) atoms. The molecule has 0 aliphatic rings. The molecular weight excluding hydrogens is 436 g/mol. The second-order valence-electron chi connectivity index (χ2n) is 5.69. The number of halogens is 2. The molecule has 2 N–H and O–H groups in total. The fourth-order valence-electron chi connectivity index (χ4n) is 2.35. The fourth-order valence-corrected chi connectivity index (χ4v) is 3.46. The van der Waals surface area contributed by atoms with E-state index in [1.807, 2.05) is 19.2 Å². The number of rotatable bonds is 7. The number of carbonyl (C=O) groups excluding carboxylic acids is 2. The van der Waals surface area contributed by atoms with E-state index in [-0.39, 0.29) is 11.8 Å². The Morgan fingerprint density at radius 3 is 2.62 bits per heavy atom. The summed E-state index contributed by atoms with van der Waals surface area (Å²) in [6.45, 7) is 1.84. The Bertz CT molecular complexity index is 801. The minimum atomic E-state index is -0.638. The third-order valence-corrected chi connectivity index (χ3v) is 5.62. The van der Waals surface area contributed by atoms with Crippen LogP contribution in [0.3, 0.4) is 0 Å². The average Bonchev–Trinajstić information content (AvgIpc) is 2.62. The zero-order valence-corrected chi connectivity index (χ0v) is 17.7. The van der Waals surface area contributed by atoms with Crippen molar-refractivity contribution in [1.82, 2.24) is 5.32 Å². The molecule has 138 valence electrons. The highest BCUT2D eigenvalue weighted by molar-refractivity contribution is 9.10. The fraction of sp³-hybridized carbons (Fsp3) is 0.263. The molecule has 0 bridgehead atoms. The molecule has 2 rings (SSSR count). The van der Waals surface area contributed by atoms with Gasteiger partial charge in [0.15, 0.2) is 0 Å². The van der Waals surface area contributed by atoms with Crippen LogP contribution >= 0.6 is 39.3 Å². The van der Waals surface area contributed by atoms with Crippen LogP contribution in [0.2, 0.25) is 5.02 Å². The van der Waals surface area contributed by atoms with Gasteiger partial charge >= 0.3 is 0 Å². The largest absolute Gasteiger partial charge is 0.340 e. The molecule has 0 fully saturated rings. The summed E-state index contributed by atoms with van der Waals surface area (Å²) in [5, 5.41) is 6.29. The maximum Gasteiger partial charge on any atom is 0.253 e. The Labute approximate surface area is 171 Å². The SMILES string of the molecule is CSCCC(NC(=O)c1ccccc1Br)C(=O)Nc1cccc(Cl)c1C. The number of hydrogen-bond donors (Lipinski definition) is 2. The number of anilines is 1. The molecule has 0 saturated heterocycles. The van der Waals surface area contributed by atoms with Gasteiger partial charge in [-0.2, -0.15) is 11.8 Å². The number of thioether (sulfide) groups is 1. The second kappa shape index (κ2) is 10.00. The number of amides is 2. The summed E-state index contributed by atoms with van der Waals surface area (Å²) in [4.78, 5) is 25.3. The van der Waals surface area contributed by atoms with Crippen LogP contribution in [0.5, 0.6) is 0 Å². The highest BCUT2D eigenvalue weighted by Crippen LogP contribution is 2.23. The first-order chi connectivity index (χ1) is 12.4. The lowest BCUT2D eigenvalue weighted by atomic mass is 10.1. The first kappa shape index (κ1) is 20.8. The molecule has 2 amide bonds. The van der Waals surface area contributed by atoms with Crippen molar-refractivity contribution in [3.8, 4) is 0 Å². The summed E-state index contributed by atoms with van der Waals surface area (Å²) in [5.41, 5.74) is 1.93. The molecule has 0 aromatic heterocycles. The number of hydrogen-bond acceptors (Lipinski definition) is 3. The summed E-state index contributed by atoms with van der Waals surface area (Å²) in [6.07, 6.45) is 2.49. The van der Waals surface area contributed by atoms with Crippen molar-refractivity contribution >= 4 is 56.8 Å². The third-order valence-electron chi connectivity index (χ3n) is 3.88. The van der Waals surface area contributed by atoms with Crippen LogP contribution in [0, 0.1) is 6.92 Å². The normalized spacial score (nSPS) is 11.7. The smallest absolute Gasteiger partial charge is 0.253 e. The summed E-state index contributed by atoms with van der Waals surface area (Å²) < 4.78 is 0.687. The maximum absolute atomic E-state index is 12.7. The second-order valence-corrected chi connectivity index (χ2v) is 7.94. The molecule has 7 heteroatoms. The van der Waals surface area contributed by atoms with Crippen LogP contribution < -0.4 is 10.6 Å². The van der Waals surface area contributed by atoms with Gasteiger partial charge in [-0.25, -0.2) is 0 Å². The van der Waals surface area contributed by atoms with E-state index in [4.69, 9.17) is 11.6 Å². The van der Waals surface area contributed by atoms with Gasteiger partial charge in [-0.15, -0.1) is 0 Å². The van der Waals surface area contributed by atoms with Gasteiger partial charge in [0, 0.05) is 15.2 Å². The van der Waals surface area contributed by atoms with E-state index >= 15 is 0 Å². The zero-order valence-electron chi connectivity index (χ0n) is 14.5. The molecule has 1 unspecified atom stereocenters. The molecule has 0 heterocycles. The van der Waals surface area contributed by atoms with Gasteiger partial charge in [-0.05, 0) is 71.1 Å². The quantitative estimate of drug-likeness (QED) is 0.624. The summed E-state index contributed by atoms with van der Waals surface area (Å²) in [5.74, 6) is 0.203. The Hall–Kier alpha value is -1.50. The minimum Gasteiger partial charge on any atom is -0.340 e. The Morgan fingerprint density at radius 2 is 1.92 bits per heavy atom. The standard InChI is InChI=1S/C19H20BrClN2O2S/c1-12-15(21)8-5-9-16(12)22-19(25)17(10-11-26-2)23-18(24)13-6-3-4-7-14(13)20/h3-9,17H,10-11H2,1-2H3,(H,22,25)(H,23,24). The molecule has 1 atom stereocenters. The van der Waals surface area contributed by atoms with Gasteiger partial charge in [-0.3, -0.25) is 9.59 Å². The number of carbonyl (C=O) groups is 2. The lowest BCUT2D eigenvalue weighted by Crippen LogP contribution is -2.44. The lowest BCUT2D eigenvalue weighted by molar-refractivity contribution is -0.118. The average molecular weight is 456 g/mol. The lowest BCUT2D eigenvalue weighted by Gasteiger charge is -2.19. The molecule has 2 aromatic rings. The third kappa shape index (κ3) is 5.50. The van der Waals surface area contributed by atoms with Crippen molar-refractivity contribution < 1.29 is 9.59 Å². The first-order valence-electron chi connectivity index (χ1n) is 8.04. The van der Waals surface area contributed by atoms with E-state index in [1.54, 1.807) is 48.2 Å². The molecule has 0 aliphatic carbocycles. The van der Waals surface area contributed by atoms with Gasteiger partial charge < -0.3 is 10.6 Å². The highest BCUT2D eigenvalue weighted by atomic mass is 79.9. The summed E-state index contributed by atoms with van der Waals surface area (Å²) in [7, 11) is 0. The van der Waals surface area contributed by atoms with Crippen LogP contribution in [0.25, 0.3) is 0 Å². The molecule has 0 saturated carbocycles. The van der Waals surface area contributed by atoms with Crippen LogP contribution in [0.15, 0.2) is 46.9 Å². The zero-order chi connectivity index (χ0) is 19.1. The van der Waals surface area contributed by atoms with Crippen molar-refractivity contribution in [2.75, 3.05) is 17.3 Å². The highest BCUT2D eigenvalue weighted by Gasteiger charge is 2.22. The minimum absolute atomic E-state index is 0.259. The van der Waals surface area contributed by atoms with Crippen LogP contribution in [-0.4, -0.2) is 29.9 Å². The molecule has 4 nitrogen and oxygen atoms in total. The van der Waals surface area contributed by atoms with Gasteiger partial charge in [0.1, 0.15) is 6.04 Å². The molecule has 0 spiro atoms. The van der Waals surface area contributed by atoms with E-state index in [1.165, 1.54) is 0 Å². The van der Waals surface area contributed by atoms with Crippen molar-refractivity contribution in [3.63, 3.8) is 0 Å². The molecule has 0 aliphatic heterocycles. The van der Waals surface area contributed by atoms with Crippen molar-refractivity contribution in [3.05, 3.63) is 63.1 Å². The number of benzene rings is 2. The van der Waals surface area contributed by atoms with E-state index in [0.29, 0.717) is 27.2 Å². The topological polar surface area (TPSA) is 58.2 Å². The molecule has 0 radical (unpaired) electrons. The summed E-state index contributed by atoms with van der Waals surface area (Å²) in [6, 6.07) is 11.8.